The molecule has 1 aromatic carbocycles. The lowest BCUT2D eigenvalue weighted by molar-refractivity contribution is 0.1000. The van der Waals surface area contributed by atoms with Crippen molar-refractivity contribution in [3.05, 3.63) is 41.0 Å². The van der Waals surface area contributed by atoms with Gasteiger partial charge in [0, 0.05) is 24.6 Å². The molecule has 2 rings (SSSR count). The van der Waals surface area contributed by atoms with Crippen molar-refractivity contribution in [2.45, 2.75) is 31.6 Å². The second kappa shape index (κ2) is 6.68. The second-order valence-electron chi connectivity index (χ2n) is 5.31. The molecule has 0 aliphatic heterocycles. The topological polar surface area (TPSA) is 95.1 Å². The molecule has 0 saturated heterocycles. The summed E-state index contributed by atoms with van der Waals surface area (Å²) < 4.78 is 0. The fourth-order valence-corrected chi connectivity index (χ4v) is 2.75. The molecule has 4 heteroatoms. The highest BCUT2D eigenvalue weighted by molar-refractivity contribution is 5.98. The summed E-state index contributed by atoms with van der Waals surface area (Å²) in [6.07, 6.45) is 6.65. The van der Waals surface area contributed by atoms with Gasteiger partial charge in [0.15, 0.2) is 0 Å². The van der Waals surface area contributed by atoms with Crippen LogP contribution in [0.3, 0.4) is 0 Å². The summed E-state index contributed by atoms with van der Waals surface area (Å²) in [5.41, 5.74) is 20.9. The quantitative estimate of drug-likeness (QED) is 0.762. The molecule has 1 amide bonds. The van der Waals surface area contributed by atoms with E-state index in [0.29, 0.717) is 18.7 Å². The summed E-state index contributed by atoms with van der Waals surface area (Å²) in [7, 11) is 0. The lowest BCUT2D eigenvalue weighted by atomic mass is 9.87. The Hall–Kier alpha value is -1.65. The van der Waals surface area contributed by atoms with E-state index in [0.717, 1.165) is 30.4 Å². The highest BCUT2D eigenvalue weighted by Gasteiger charge is 2.17. The van der Waals surface area contributed by atoms with Crippen LogP contribution in [-0.4, -0.2) is 19.0 Å². The van der Waals surface area contributed by atoms with Gasteiger partial charge >= 0.3 is 0 Å². The lowest BCUT2D eigenvalue weighted by Gasteiger charge is -2.19. The Morgan fingerprint density at radius 2 is 1.95 bits per heavy atom. The van der Waals surface area contributed by atoms with Crippen molar-refractivity contribution < 1.29 is 4.79 Å². The van der Waals surface area contributed by atoms with Crippen molar-refractivity contribution in [3.63, 3.8) is 0 Å². The molecule has 20 heavy (non-hydrogen) atoms. The van der Waals surface area contributed by atoms with Crippen molar-refractivity contribution in [1.29, 1.82) is 0 Å². The van der Waals surface area contributed by atoms with Crippen LogP contribution >= 0.6 is 0 Å². The van der Waals surface area contributed by atoms with E-state index in [1.807, 2.05) is 12.1 Å². The third kappa shape index (κ3) is 3.08. The van der Waals surface area contributed by atoms with Gasteiger partial charge in [0.1, 0.15) is 0 Å². The number of carbonyl (C=O) groups excluding carboxylic acids is 1. The van der Waals surface area contributed by atoms with Crippen molar-refractivity contribution in [2.75, 3.05) is 13.1 Å². The van der Waals surface area contributed by atoms with E-state index in [9.17, 15) is 4.79 Å². The molecule has 6 N–H and O–H groups in total. The summed E-state index contributed by atoms with van der Waals surface area (Å²) in [4.78, 5) is 11.6. The van der Waals surface area contributed by atoms with Crippen LogP contribution in [0.2, 0.25) is 0 Å². The Labute approximate surface area is 120 Å². The number of rotatable bonds is 5. The molecule has 0 fully saturated rings. The maximum Gasteiger partial charge on any atom is 0.249 e. The molecular formula is C16H23N3O. The minimum absolute atomic E-state index is 0.125. The maximum atomic E-state index is 11.6. The van der Waals surface area contributed by atoms with Crippen molar-refractivity contribution in [3.8, 4) is 0 Å². The molecular weight excluding hydrogens is 250 g/mol. The zero-order chi connectivity index (χ0) is 14.5. The SMILES string of the molecule is NCC(CN)c1ccc(C(N)=O)c(C2=CCCCC2)c1. The fourth-order valence-electron chi connectivity index (χ4n) is 2.75. The number of amides is 1. The molecule has 0 unspecified atom stereocenters. The van der Waals surface area contributed by atoms with E-state index in [1.165, 1.54) is 12.0 Å². The van der Waals surface area contributed by atoms with Crippen LogP contribution in [0.4, 0.5) is 0 Å². The summed E-state index contributed by atoms with van der Waals surface area (Å²) in [6, 6.07) is 5.76. The molecule has 108 valence electrons. The van der Waals surface area contributed by atoms with Crippen molar-refractivity contribution in [1.82, 2.24) is 0 Å². The second-order valence-corrected chi connectivity index (χ2v) is 5.31. The van der Waals surface area contributed by atoms with Gasteiger partial charge in [-0.1, -0.05) is 18.2 Å². The average Bonchev–Trinajstić information content (AvgIpc) is 2.49. The minimum Gasteiger partial charge on any atom is -0.366 e. The molecule has 0 spiro atoms. The van der Waals surface area contributed by atoms with Gasteiger partial charge in [-0.15, -0.1) is 0 Å². The predicted molar refractivity (Wildman–Crippen MR) is 82.3 cm³/mol. The van der Waals surface area contributed by atoms with Crippen LogP contribution in [0.25, 0.3) is 5.57 Å². The molecule has 1 aliphatic carbocycles. The van der Waals surface area contributed by atoms with E-state index in [4.69, 9.17) is 17.2 Å². The number of hydrogen-bond acceptors (Lipinski definition) is 3. The Kier molecular flexibility index (Phi) is 4.93. The largest absolute Gasteiger partial charge is 0.366 e. The van der Waals surface area contributed by atoms with Crippen molar-refractivity contribution in [2.24, 2.45) is 17.2 Å². The predicted octanol–water partition coefficient (Wildman–Crippen LogP) is 1.74. The number of primary amides is 1. The maximum absolute atomic E-state index is 11.6. The molecule has 0 heterocycles. The van der Waals surface area contributed by atoms with Gasteiger partial charge in [-0.2, -0.15) is 0 Å². The normalized spacial score (nSPS) is 15.2. The number of benzene rings is 1. The summed E-state index contributed by atoms with van der Waals surface area (Å²) in [5, 5.41) is 0. The van der Waals surface area contributed by atoms with Gasteiger partial charge in [-0.05, 0) is 48.4 Å². The Morgan fingerprint density at radius 1 is 1.20 bits per heavy atom. The van der Waals surface area contributed by atoms with Crippen LogP contribution in [-0.2, 0) is 0 Å². The first-order valence-electron chi connectivity index (χ1n) is 7.20. The standard InChI is InChI=1S/C16H23N3O/c17-9-13(10-18)12-6-7-14(16(19)20)15(8-12)11-4-2-1-3-5-11/h4,6-8,13H,1-3,5,9-10,17-18H2,(H2,19,20). The van der Waals surface area contributed by atoms with Crippen LogP contribution in [0, 0.1) is 0 Å². The zero-order valence-corrected chi connectivity index (χ0v) is 11.8. The van der Waals surface area contributed by atoms with Gasteiger partial charge in [0.25, 0.3) is 0 Å². The first-order chi connectivity index (χ1) is 9.67. The van der Waals surface area contributed by atoms with E-state index in [1.54, 1.807) is 6.07 Å². The average molecular weight is 273 g/mol. The summed E-state index contributed by atoms with van der Waals surface area (Å²) >= 11 is 0. The molecule has 0 aromatic heterocycles. The van der Waals surface area contributed by atoms with E-state index in [2.05, 4.69) is 6.08 Å². The van der Waals surface area contributed by atoms with Crippen LogP contribution in [0.5, 0.6) is 0 Å². The van der Waals surface area contributed by atoms with E-state index < -0.39 is 0 Å². The summed E-state index contributed by atoms with van der Waals surface area (Å²) in [6.45, 7) is 1.01. The molecule has 4 nitrogen and oxygen atoms in total. The molecule has 1 aliphatic rings. The molecule has 1 aromatic rings. The lowest BCUT2D eigenvalue weighted by Crippen LogP contribution is -2.22. The third-order valence-corrected chi connectivity index (χ3v) is 3.99. The monoisotopic (exact) mass is 273 g/mol. The number of nitrogens with two attached hydrogens (primary N) is 3. The van der Waals surface area contributed by atoms with Gasteiger partial charge in [0.05, 0.1) is 0 Å². The first kappa shape index (κ1) is 14.8. The van der Waals surface area contributed by atoms with Gasteiger partial charge in [0.2, 0.25) is 5.91 Å². The molecule has 0 radical (unpaired) electrons. The number of allylic oxidation sites excluding steroid dienone is 2. The highest BCUT2D eigenvalue weighted by Crippen LogP contribution is 2.31. The third-order valence-electron chi connectivity index (χ3n) is 3.99. The summed E-state index contributed by atoms with van der Waals surface area (Å²) in [5.74, 6) is -0.255. The smallest absolute Gasteiger partial charge is 0.249 e. The Balaban J connectivity index is 2.46. The van der Waals surface area contributed by atoms with Crippen LogP contribution in [0.1, 0.15) is 53.1 Å². The fraction of sp³-hybridized carbons (Fsp3) is 0.438. The molecule has 0 saturated carbocycles. The van der Waals surface area contributed by atoms with Gasteiger partial charge in [-0.3, -0.25) is 4.79 Å². The Bertz CT molecular complexity index is 518. The Morgan fingerprint density at radius 3 is 2.50 bits per heavy atom. The number of hydrogen-bond donors (Lipinski definition) is 3. The van der Waals surface area contributed by atoms with E-state index in [-0.39, 0.29) is 11.8 Å². The highest BCUT2D eigenvalue weighted by atomic mass is 16.1. The van der Waals surface area contributed by atoms with E-state index >= 15 is 0 Å². The zero-order valence-electron chi connectivity index (χ0n) is 11.8. The van der Waals surface area contributed by atoms with Crippen LogP contribution < -0.4 is 17.2 Å². The van der Waals surface area contributed by atoms with Crippen LogP contribution in [0.15, 0.2) is 24.3 Å². The minimum atomic E-state index is -0.380. The number of carbonyl (C=O) groups is 1. The van der Waals surface area contributed by atoms with Gasteiger partial charge < -0.3 is 17.2 Å². The van der Waals surface area contributed by atoms with Gasteiger partial charge in [-0.25, -0.2) is 0 Å². The first-order valence-corrected chi connectivity index (χ1v) is 7.20. The molecule has 0 bridgehead atoms. The van der Waals surface area contributed by atoms with Crippen molar-refractivity contribution >= 4 is 11.5 Å². The molecule has 0 atom stereocenters.